The lowest BCUT2D eigenvalue weighted by atomic mass is 9.94. The van der Waals surface area contributed by atoms with Crippen LogP contribution in [-0.4, -0.2) is 47.7 Å². The van der Waals surface area contributed by atoms with Crippen molar-refractivity contribution in [3.8, 4) is 11.1 Å². The molecule has 0 atom stereocenters. The standard InChI is InChI=1S/C20H21N5O2.C8H15NO.C6H12/c1-3-21-18-11-16(24-13(2)25-18)12-23-19(26)15-8-6-14(7-9-15)17-5-4-10-22-20(17)27;1-10-6-5-9-7-8-3-2-4-8;1-2-4-6-5-3-1/h4-11H,3,12H2,1-2H3,(H,22,27)(H,23,26)(H,21,24,25);7,9H,2-6H2,1H3;1-6H2. The minimum absolute atomic E-state index is 0.162. The Bertz CT molecular complexity index is 1310. The minimum atomic E-state index is -0.204. The lowest BCUT2D eigenvalue weighted by molar-refractivity contribution is 0.0950. The van der Waals surface area contributed by atoms with Crippen LogP contribution >= 0.6 is 0 Å². The van der Waals surface area contributed by atoms with Gasteiger partial charge in [0.1, 0.15) is 11.6 Å². The minimum Gasteiger partial charge on any atom is -0.389 e. The number of nitrogens with zero attached hydrogens (tertiary/aromatic N) is 2. The van der Waals surface area contributed by atoms with Crippen LogP contribution in [0.4, 0.5) is 5.82 Å². The zero-order valence-corrected chi connectivity index (χ0v) is 26.0. The van der Waals surface area contributed by atoms with Crippen molar-refractivity contribution < 1.29 is 9.53 Å². The van der Waals surface area contributed by atoms with Crippen LogP contribution in [0.15, 0.2) is 65.2 Å². The summed E-state index contributed by atoms with van der Waals surface area (Å²) in [5.41, 5.74) is 3.97. The van der Waals surface area contributed by atoms with E-state index >= 15 is 0 Å². The van der Waals surface area contributed by atoms with Crippen LogP contribution in [0.1, 0.15) is 86.6 Å². The van der Waals surface area contributed by atoms with Gasteiger partial charge in [-0.05, 0) is 69.1 Å². The van der Waals surface area contributed by atoms with Crippen LogP contribution in [0.2, 0.25) is 0 Å². The lowest BCUT2D eigenvalue weighted by Gasteiger charge is -2.15. The molecule has 2 fully saturated rings. The lowest BCUT2D eigenvalue weighted by Crippen LogP contribution is -2.23. The van der Waals surface area contributed by atoms with E-state index in [1.54, 1.807) is 55.3 Å². The summed E-state index contributed by atoms with van der Waals surface area (Å²) in [6, 6.07) is 12.3. The number of aromatic amines is 1. The maximum Gasteiger partial charge on any atom is 0.255 e. The van der Waals surface area contributed by atoms with E-state index in [1.165, 1.54) is 57.8 Å². The van der Waals surface area contributed by atoms with Crippen molar-refractivity contribution in [1.82, 2.24) is 25.6 Å². The Morgan fingerprint density at radius 3 is 2.28 bits per heavy atom. The molecule has 2 saturated carbocycles. The van der Waals surface area contributed by atoms with Gasteiger partial charge in [0.15, 0.2) is 0 Å². The molecule has 5 rings (SSSR count). The summed E-state index contributed by atoms with van der Waals surface area (Å²) >= 11 is 0. The molecule has 2 heterocycles. The first kappa shape index (κ1) is 33.5. The Labute approximate surface area is 256 Å². The summed E-state index contributed by atoms with van der Waals surface area (Å²) in [5, 5.41) is 9.20. The van der Waals surface area contributed by atoms with Crippen LogP contribution in [0.25, 0.3) is 11.1 Å². The number of carbonyl (C=O) groups is 1. The number of aromatic nitrogens is 3. The molecule has 1 aromatic carbocycles. The van der Waals surface area contributed by atoms with E-state index in [0.717, 1.165) is 36.8 Å². The van der Waals surface area contributed by atoms with Gasteiger partial charge in [-0.1, -0.05) is 56.2 Å². The number of ether oxygens (including phenoxy) is 1. The van der Waals surface area contributed by atoms with Crippen LogP contribution in [-0.2, 0) is 11.3 Å². The van der Waals surface area contributed by atoms with Gasteiger partial charge in [-0.15, -0.1) is 0 Å². The van der Waals surface area contributed by atoms with Crippen molar-refractivity contribution in [2.45, 2.75) is 78.2 Å². The van der Waals surface area contributed by atoms with Gasteiger partial charge in [-0.3, -0.25) is 9.59 Å². The Kier molecular flexibility index (Phi) is 15.0. The number of pyridine rings is 1. The predicted octanol–water partition coefficient (Wildman–Crippen LogP) is 6.13. The Morgan fingerprint density at radius 1 is 1.00 bits per heavy atom. The second-order valence-electron chi connectivity index (χ2n) is 10.7. The molecule has 4 N–H and O–H groups in total. The first-order valence-corrected chi connectivity index (χ1v) is 15.5. The SMILES string of the molecule is C1CCCCC1.CCNc1cc(CNC(=O)c2ccc(-c3ccc[nH]c3=O)cc2)nc(C)n1.COCCNC=C1CCC1. The number of nitrogens with one attached hydrogen (secondary N) is 4. The zero-order valence-electron chi connectivity index (χ0n) is 26.0. The average molecular weight is 589 g/mol. The molecule has 3 aromatic rings. The first-order chi connectivity index (χ1) is 21.0. The number of anilines is 1. The summed E-state index contributed by atoms with van der Waals surface area (Å²) in [5.74, 6) is 1.19. The monoisotopic (exact) mass is 588 g/mol. The number of carbonyl (C=O) groups excluding carboxylic acids is 1. The fourth-order valence-electron chi connectivity index (χ4n) is 4.68. The highest BCUT2D eigenvalue weighted by Crippen LogP contribution is 2.23. The van der Waals surface area contributed by atoms with Crippen LogP contribution in [0.3, 0.4) is 0 Å². The Balaban J connectivity index is 0.000000256. The number of benzene rings is 1. The molecule has 0 radical (unpaired) electrons. The largest absolute Gasteiger partial charge is 0.389 e. The second kappa shape index (κ2) is 19.3. The second-order valence-corrected chi connectivity index (χ2v) is 10.7. The highest BCUT2D eigenvalue weighted by molar-refractivity contribution is 5.94. The van der Waals surface area contributed by atoms with Crippen molar-refractivity contribution in [2.75, 3.05) is 32.1 Å². The molecule has 0 bridgehead atoms. The van der Waals surface area contributed by atoms with Crippen LogP contribution < -0.4 is 21.5 Å². The van der Waals surface area contributed by atoms with Gasteiger partial charge in [0.05, 0.1) is 18.8 Å². The molecule has 2 aliphatic rings. The third-order valence-electron chi connectivity index (χ3n) is 7.21. The summed E-state index contributed by atoms with van der Waals surface area (Å²) in [6.45, 7) is 6.60. The number of methoxy groups -OCH3 is 1. The molecule has 9 heteroatoms. The molecule has 0 aliphatic heterocycles. The smallest absolute Gasteiger partial charge is 0.255 e. The van der Waals surface area contributed by atoms with E-state index in [9.17, 15) is 9.59 Å². The van der Waals surface area contributed by atoms with E-state index in [-0.39, 0.29) is 11.5 Å². The molecule has 2 aliphatic carbocycles. The van der Waals surface area contributed by atoms with E-state index in [1.807, 2.05) is 19.9 Å². The molecule has 0 spiro atoms. The normalized spacial score (nSPS) is 13.7. The van der Waals surface area contributed by atoms with Crippen molar-refractivity contribution in [3.63, 3.8) is 0 Å². The van der Waals surface area contributed by atoms with Gasteiger partial charge in [-0.25, -0.2) is 9.97 Å². The van der Waals surface area contributed by atoms with Gasteiger partial charge in [0, 0.05) is 43.6 Å². The number of H-pyrrole nitrogens is 1. The number of hydrogen-bond donors (Lipinski definition) is 4. The summed E-state index contributed by atoms with van der Waals surface area (Å²) in [4.78, 5) is 35.5. The molecular weight excluding hydrogens is 540 g/mol. The maximum absolute atomic E-state index is 12.4. The average Bonchev–Trinajstić information content (AvgIpc) is 3.01. The van der Waals surface area contributed by atoms with E-state index < -0.39 is 0 Å². The molecule has 232 valence electrons. The maximum atomic E-state index is 12.4. The highest BCUT2D eigenvalue weighted by Gasteiger charge is 2.09. The predicted molar refractivity (Wildman–Crippen MR) is 174 cm³/mol. The van der Waals surface area contributed by atoms with Crippen molar-refractivity contribution >= 4 is 11.7 Å². The van der Waals surface area contributed by atoms with Crippen LogP contribution in [0, 0.1) is 6.92 Å². The van der Waals surface area contributed by atoms with Gasteiger partial charge >= 0.3 is 0 Å². The third kappa shape index (κ3) is 12.4. The summed E-state index contributed by atoms with van der Waals surface area (Å²) in [7, 11) is 1.72. The number of rotatable bonds is 10. The molecule has 9 nitrogen and oxygen atoms in total. The van der Waals surface area contributed by atoms with Crippen molar-refractivity contribution in [2.24, 2.45) is 0 Å². The summed E-state index contributed by atoms with van der Waals surface area (Å²) < 4.78 is 4.88. The van der Waals surface area contributed by atoms with E-state index in [0.29, 0.717) is 23.5 Å². The Morgan fingerprint density at radius 2 is 1.70 bits per heavy atom. The number of hydrogen-bond acceptors (Lipinski definition) is 7. The molecular formula is C34H48N6O3. The van der Waals surface area contributed by atoms with Crippen LogP contribution in [0.5, 0.6) is 0 Å². The topological polar surface area (TPSA) is 121 Å². The molecule has 1 amide bonds. The number of aryl methyl sites for hydroxylation is 1. The van der Waals surface area contributed by atoms with Crippen molar-refractivity contribution in [1.29, 1.82) is 0 Å². The first-order valence-electron chi connectivity index (χ1n) is 15.5. The fraction of sp³-hybridized carbons (Fsp3) is 0.471. The third-order valence-corrected chi connectivity index (χ3v) is 7.21. The van der Waals surface area contributed by atoms with Gasteiger partial charge in [-0.2, -0.15) is 0 Å². The van der Waals surface area contributed by atoms with Gasteiger partial charge in [0.25, 0.3) is 11.5 Å². The highest BCUT2D eigenvalue weighted by atomic mass is 16.5. The fourth-order valence-corrected chi connectivity index (χ4v) is 4.68. The zero-order chi connectivity index (χ0) is 30.7. The molecule has 0 saturated heterocycles. The summed E-state index contributed by atoms with van der Waals surface area (Å²) in [6.07, 6.45) is 16.7. The number of allylic oxidation sites excluding steroid dienone is 1. The Hall–Kier alpha value is -3.98. The molecule has 43 heavy (non-hydrogen) atoms. The van der Waals surface area contributed by atoms with E-state index in [4.69, 9.17) is 4.74 Å². The van der Waals surface area contributed by atoms with Gasteiger partial charge < -0.3 is 25.7 Å². The quantitative estimate of drug-likeness (QED) is 0.210. The number of amides is 1. The van der Waals surface area contributed by atoms with E-state index in [2.05, 4.69) is 37.1 Å². The van der Waals surface area contributed by atoms with Crippen molar-refractivity contribution in [3.05, 3.63) is 87.9 Å². The molecule has 2 aromatic heterocycles. The van der Waals surface area contributed by atoms with Gasteiger partial charge in [0.2, 0.25) is 0 Å². The molecule has 0 unspecified atom stereocenters.